The van der Waals surface area contributed by atoms with E-state index in [1.165, 1.54) is 4.90 Å². The van der Waals surface area contributed by atoms with Gasteiger partial charge in [-0.05, 0) is 17.7 Å². The highest BCUT2D eigenvalue weighted by molar-refractivity contribution is 9.10. The second-order valence-corrected chi connectivity index (χ2v) is 5.79. The van der Waals surface area contributed by atoms with E-state index in [0.29, 0.717) is 13.2 Å². The van der Waals surface area contributed by atoms with Crippen LogP contribution >= 0.6 is 15.9 Å². The Morgan fingerprint density at radius 1 is 1.48 bits per heavy atom. The number of nitrogens with one attached hydrogen (secondary N) is 1. The van der Waals surface area contributed by atoms with Crippen LogP contribution in [-0.4, -0.2) is 42.2 Å². The Bertz CT molecular complexity index is 562. The van der Waals surface area contributed by atoms with E-state index in [4.69, 9.17) is 9.84 Å². The molecule has 21 heavy (non-hydrogen) atoms. The van der Waals surface area contributed by atoms with Crippen LogP contribution < -0.4 is 10.1 Å². The lowest BCUT2D eigenvalue weighted by Gasteiger charge is -2.17. The lowest BCUT2D eigenvalue weighted by atomic mass is 10.1. The molecule has 1 aliphatic rings. The van der Waals surface area contributed by atoms with E-state index >= 15 is 0 Å². The number of aliphatic carboxylic acids is 1. The Morgan fingerprint density at radius 3 is 2.95 bits per heavy atom. The molecule has 2 N–H and O–H groups in total. The summed E-state index contributed by atoms with van der Waals surface area (Å²) < 4.78 is 6.55. The molecule has 6 nitrogen and oxygen atoms in total. The summed E-state index contributed by atoms with van der Waals surface area (Å²) in [6.07, 6.45) is 0.799. The molecule has 0 saturated carbocycles. The third-order valence-electron chi connectivity index (χ3n) is 3.26. The molecule has 114 valence electrons. The van der Waals surface area contributed by atoms with Crippen molar-refractivity contribution in [3.05, 3.63) is 27.7 Å². The van der Waals surface area contributed by atoms with Gasteiger partial charge in [0.25, 0.3) is 0 Å². The fourth-order valence-corrected chi connectivity index (χ4v) is 2.70. The van der Waals surface area contributed by atoms with Crippen molar-refractivity contribution in [3.8, 4) is 5.75 Å². The predicted molar refractivity (Wildman–Crippen MR) is 80.5 cm³/mol. The summed E-state index contributed by atoms with van der Waals surface area (Å²) >= 11 is 3.45. The first kappa shape index (κ1) is 15.6. The fraction of sp³-hybridized carbons (Fsp3) is 0.429. The van der Waals surface area contributed by atoms with Crippen LogP contribution in [0.3, 0.4) is 0 Å². The molecule has 7 heteroatoms. The molecule has 0 fully saturated rings. The molecule has 0 saturated heterocycles. The summed E-state index contributed by atoms with van der Waals surface area (Å²) in [5.41, 5.74) is 2.05. The maximum Gasteiger partial charge on any atom is 0.317 e. The normalized spacial score (nSPS) is 12.5. The van der Waals surface area contributed by atoms with E-state index in [-0.39, 0.29) is 19.0 Å². The van der Waals surface area contributed by atoms with Gasteiger partial charge in [-0.3, -0.25) is 4.79 Å². The minimum absolute atomic E-state index is 0.0701. The molecule has 0 bridgehead atoms. The second-order valence-electron chi connectivity index (χ2n) is 4.88. The SMILES string of the molecule is CN(CCC(=O)O)C(=O)NCc1cc(Br)cc2c1OCC2. The second kappa shape index (κ2) is 6.80. The number of halogens is 1. The van der Waals surface area contributed by atoms with Gasteiger partial charge in [-0.1, -0.05) is 15.9 Å². The highest BCUT2D eigenvalue weighted by atomic mass is 79.9. The third kappa shape index (κ3) is 4.10. The molecular formula is C14H17BrN2O4. The van der Waals surface area contributed by atoms with Crippen LogP contribution in [-0.2, 0) is 17.8 Å². The van der Waals surface area contributed by atoms with Crippen LogP contribution in [0.5, 0.6) is 5.75 Å². The Hall–Kier alpha value is -1.76. The average Bonchev–Trinajstić information content (AvgIpc) is 2.89. The number of nitrogens with zero attached hydrogens (tertiary/aromatic N) is 1. The molecule has 1 aromatic carbocycles. The largest absolute Gasteiger partial charge is 0.493 e. The smallest absolute Gasteiger partial charge is 0.317 e. The van der Waals surface area contributed by atoms with Gasteiger partial charge in [0.15, 0.2) is 0 Å². The molecule has 0 radical (unpaired) electrons. The van der Waals surface area contributed by atoms with Crippen LogP contribution in [0.25, 0.3) is 0 Å². The molecule has 0 aromatic heterocycles. The van der Waals surface area contributed by atoms with Crippen LogP contribution in [0, 0.1) is 0 Å². The van der Waals surface area contributed by atoms with Crippen molar-refractivity contribution in [1.29, 1.82) is 0 Å². The van der Waals surface area contributed by atoms with Gasteiger partial charge >= 0.3 is 12.0 Å². The molecular weight excluding hydrogens is 340 g/mol. The van der Waals surface area contributed by atoms with E-state index < -0.39 is 5.97 Å². The Morgan fingerprint density at radius 2 is 2.24 bits per heavy atom. The van der Waals surface area contributed by atoms with E-state index in [1.807, 2.05) is 12.1 Å². The minimum Gasteiger partial charge on any atom is -0.493 e. The molecule has 1 aromatic rings. The zero-order chi connectivity index (χ0) is 15.4. The molecule has 2 amide bonds. The van der Waals surface area contributed by atoms with Crippen LogP contribution in [0.4, 0.5) is 4.79 Å². The number of carboxylic acids is 1. The van der Waals surface area contributed by atoms with Gasteiger partial charge in [0.05, 0.1) is 13.0 Å². The number of urea groups is 1. The number of benzene rings is 1. The summed E-state index contributed by atoms with van der Waals surface area (Å²) in [4.78, 5) is 23.7. The first-order valence-electron chi connectivity index (χ1n) is 6.62. The molecule has 1 heterocycles. The quantitative estimate of drug-likeness (QED) is 0.845. The monoisotopic (exact) mass is 356 g/mol. The van der Waals surface area contributed by atoms with Crippen LogP contribution in [0.15, 0.2) is 16.6 Å². The number of hydrogen-bond acceptors (Lipinski definition) is 3. The number of carbonyl (C=O) groups is 2. The van der Waals surface area contributed by atoms with Gasteiger partial charge in [-0.15, -0.1) is 0 Å². The van der Waals surface area contributed by atoms with Gasteiger partial charge in [0.1, 0.15) is 5.75 Å². The molecule has 0 spiro atoms. The lowest BCUT2D eigenvalue weighted by molar-refractivity contribution is -0.137. The zero-order valence-electron chi connectivity index (χ0n) is 11.7. The number of fused-ring (bicyclic) bond motifs is 1. The predicted octanol–water partition coefficient (Wildman–Crippen LogP) is 2.00. The molecule has 0 unspecified atom stereocenters. The fourth-order valence-electron chi connectivity index (χ4n) is 2.15. The maximum atomic E-state index is 11.9. The third-order valence-corrected chi connectivity index (χ3v) is 3.72. The van der Waals surface area contributed by atoms with Crippen molar-refractivity contribution in [1.82, 2.24) is 10.2 Å². The van der Waals surface area contributed by atoms with Crippen molar-refractivity contribution in [2.45, 2.75) is 19.4 Å². The molecule has 2 rings (SSSR count). The standard InChI is InChI=1S/C14H17BrN2O4/c1-17(4-2-12(18)19)14(20)16-8-10-7-11(15)6-9-3-5-21-13(9)10/h6-7H,2-5,8H2,1H3,(H,16,20)(H,18,19). The summed E-state index contributed by atoms with van der Waals surface area (Å²) in [6, 6.07) is 3.64. The van der Waals surface area contributed by atoms with Gasteiger partial charge < -0.3 is 20.1 Å². The highest BCUT2D eigenvalue weighted by Crippen LogP contribution is 2.32. The first-order chi connectivity index (χ1) is 9.97. The minimum atomic E-state index is -0.923. The van der Waals surface area contributed by atoms with Gasteiger partial charge in [-0.25, -0.2) is 4.79 Å². The lowest BCUT2D eigenvalue weighted by Crippen LogP contribution is -2.38. The van der Waals surface area contributed by atoms with E-state index in [9.17, 15) is 9.59 Å². The maximum absolute atomic E-state index is 11.9. The van der Waals surface area contributed by atoms with Crippen molar-refractivity contribution in [2.75, 3.05) is 20.2 Å². The molecule has 1 aliphatic heterocycles. The number of rotatable bonds is 5. The number of hydrogen-bond donors (Lipinski definition) is 2. The Balaban J connectivity index is 1.94. The summed E-state index contributed by atoms with van der Waals surface area (Å²) in [6.45, 7) is 1.18. The van der Waals surface area contributed by atoms with E-state index in [0.717, 1.165) is 27.8 Å². The van der Waals surface area contributed by atoms with Gasteiger partial charge in [0.2, 0.25) is 0 Å². The van der Waals surface area contributed by atoms with E-state index in [2.05, 4.69) is 21.2 Å². The molecule has 0 aliphatic carbocycles. The van der Waals surface area contributed by atoms with Crippen LogP contribution in [0.1, 0.15) is 17.5 Å². The van der Waals surface area contributed by atoms with Crippen molar-refractivity contribution < 1.29 is 19.4 Å². The van der Waals surface area contributed by atoms with Gasteiger partial charge in [0, 0.05) is 36.6 Å². The first-order valence-corrected chi connectivity index (χ1v) is 7.41. The number of ether oxygens (including phenoxy) is 1. The Kier molecular flexibility index (Phi) is 5.06. The topological polar surface area (TPSA) is 78.9 Å². The zero-order valence-corrected chi connectivity index (χ0v) is 13.3. The average molecular weight is 357 g/mol. The summed E-state index contributed by atoms with van der Waals surface area (Å²) in [5.74, 6) is -0.0838. The van der Waals surface area contributed by atoms with Crippen molar-refractivity contribution >= 4 is 27.9 Å². The summed E-state index contributed by atoms with van der Waals surface area (Å²) in [7, 11) is 1.57. The highest BCUT2D eigenvalue weighted by Gasteiger charge is 2.18. The van der Waals surface area contributed by atoms with E-state index in [1.54, 1.807) is 7.05 Å². The van der Waals surface area contributed by atoms with Crippen molar-refractivity contribution in [3.63, 3.8) is 0 Å². The number of amides is 2. The van der Waals surface area contributed by atoms with Gasteiger partial charge in [-0.2, -0.15) is 0 Å². The number of carbonyl (C=O) groups excluding carboxylic acids is 1. The van der Waals surface area contributed by atoms with Crippen LogP contribution in [0.2, 0.25) is 0 Å². The number of carboxylic acid groups (broad SMARTS) is 1. The Labute approximate surface area is 131 Å². The molecule has 0 atom stereocenters. The summed E-state index contributed by atoms with van der Waals surface area (Å²) in [5, 5.41) is 11.4. The van der Waals surface area contributed by atoms with Crippen molar-refractivity contribution in [2.24, 2.45) is 0 Å².